The Morgan fingerprint density at radius 1 is 1.09 bits per heavy atom. The molecule has 2 aromatic carbocycles. The first-order valence-electron chi connectivity index (χ1n) is 10.7. The minimum atomic E-state index is -1.20. The Labute approximate surface area is 196 Å². The van der Waals surface area contributed by atoms with Crippen LogP contribution in [0.25, 0.3) is 11.1 Å². The first-order valence-corrected chi connectivity index (χ1v) is 10.7. The van der Waals surface area contributed by atoms with Crippen LogP contribution < -0.4 is 10.6 Å². The van der Waals surface area contributed by atoms with E-state index < -0.39 is 18.0 Å². The van der Waals surface area contributed by atoms with Crippen molar-refractivity contribution >= 4 is 23.7 Å². The predicted octanol–water partition coefficient (Wildman–Crippen LogP) is 3.54. The van der Waals surface area contributed by atoms with Crippen molar-refractivity contribution < 1.29 is 24.2 Å². The number of nitrogens with zero attached hydrogens (tertiary/aromatic N) is 2. The van der Waals surface area contributed by atoms with Gasteiger partial charge in [-0.15, -0.1) is 0 Å². The van der Waals surface area contributed by atoms with Crippen LogP contribution in [0.15, 0.2) is 66.4 Å². The van der Waals surface area contributed by atoms with E-state index in [1.165, 1.54) is 19.3 Å². The Bertz CT molecular complexity index is 1250. The van der Waals surface area contributed by atoms with Crippen molar-refractivity contribution in [2.75, 3.05) is 18.5 Å². The Kier molecular flexibility index (Phi) is 6.44. The fraction of sp³-hybridized carbons (Fsp3) is 0.200. The molecule has 2 amide bonds. The van der Waals surface area contributed by atoms with Gasteiger partial charge < -0.3 is 20.5 Å². The smallest absolute Gasteiger partial charge is 0.407 e. The van der Waals surface area contributed by atoms with Gasteiger partial charge in [0.2, 0.25) is 0 Å². The van der Waals surface area contributed by atoms with Gasteiger partial charge in [0.25, 0.3) is 5.91 Å². The number of carbonyl (C=O) groups excluding carboxylic acids is 2. The van der Waals surface area contributed by atoms with Crippen molar-refractivity contribution in [2.45, 2.75) is 12.8 Å². The van der Waals surface area contributed by atoms with E-state index in [1.807, 2.05) is 36.4 Å². The molecule has 34 heavy (non-hydrogen) atoms. The molecule has 4 rings (SSSR count). The van der Waals surface area contributed by atoms with Crippen molar-refractivity contribution in [3.63, 3.8) is 0 Å². The summed E-state index contributed by atoms with van der Waals surface area (Å²) in [5, 5.41) is 18.2. The van der Waals surface area contributed by atoms with Crippen LogP contribution in [-0.2, 0) is 16.6 Å². The molecule has 3 aromatic rings. The highest BCUT2D eigenvalue weighted by Gasteiger charge is 2.29. The number of fused-ring (bicyclic) bond motifs is 3. The van der Waals surface area contributed by atoms with Gasteiger partial charge in [0.05, 0.1) is 11.9 Å². The first-order chi connectivity index (χ1) is 16.4. The fourth-order valence-electron chi connectivity index (χ4n) is 4.03. The van der Waals surface area contributed by atoms with E-state index in [9.17, 15) is 19.5 Å². The number of alkyl carbamates (subject to hydrolysis) is 1. The number of aryl methyl sites for hydroxylation is 1. The molecule has 0 unspecified atom stereocenters. The number of carboxylic acid groups (broad SMARTS) is 1. The van der Waals surface area contributed by atoms with Gasteiger partial charge in [-0.3, -0.25) is 9.48 Å². The molecule has 9 nitrogen and oxygen atoms in total. The number of hydrogen-bond acceptors (Lipinski definition) is 5. The van der Waals surface area contributed by atoms with E-state index in [0.29, 0.717) is 5.57 Å². The van der Waals surface area contributed by atoms with Crippen molar-refractivity contribution in [3.8, 4) is 11.1 Å². The summed E-state index contributed by atoms with van der Waals surface area (Å²) < 4.78 is 6.63. The van der Waals surface area contributed by atoms with Gasteiger partial charge in [0.1, 0.15) is 6.61 Å². The highest BCUT2D eigenvalue weighted by atomic mass is 16.5. The van der Waals surface area contributed by atoms with Gasteiger partial charge in [0.15, 0.2) is 5.69 Å². The van der Waals surface area contributed by atoms with Gasteiger partial charge >= 0.3 is 12.1 Å². The monoisotopic (exact) mass is 460 g/mol. The normalized spacial score (nSPS) is 12.6. The van der Waals surface area contributed by atoms with E-state index in [4.69, 9.17) is 4.74 Å². The molecular weight excluding hydrogens is 436 g/mol. The summed E-state index contributed by atoms with van der Waals surface area (Å²) in [6.45, 7) is 1.84. The third-order valence-electron chi connectivity index (χ3n) is 5.75. The maximum atomic E-state index is 12.4. The van der Waals surface area contributed by atoms with Gasteiger partial charge in [-0.25, -0.2) is 9.59 Å². The fourth-order valence-corrected chi connectivity index (χ4v) is 4.03. The van der Waals surface area contributed by atoms with Crippen LogP contribution in [-0.4, -0.2) is 46.0 Å². The summed E-state index contributed by atoms with van der Waals surface area (Å²) in [5.74, 6) is -1.73. The average molecular weight is 460 g/mol. The van der Waals surface area contributed by atoms with Crippen LogP contribution in [0.4, 0.5) is 10.5 Å². The van der Waals surface area contributed by atoms with E-state index in [0.717, 1.165) is 26.9 Å². The molecule has 174 valence electrons. The second kappa shape index (κ2) is 9.62. The number of aromatic carboxylic acids is 1. The third-order valence-corrected chi connectivity index (χ3v) is 5.75. The van der Waals surface area contributed by atoms with Crippen molar-refractivity contribution in [1.82, 2.24) is 15.1 Å². The van der Waals surface area contributed by atoms with Gasteiger partial charge in [0, 0.05) is 25.1 Å². The SMILES string of the molecule is C/C(=C\CNC(=O)OCC1c2ccccc2-c2ccccc21)C(=O)Nc1cnn(C)c1C(=O)O. The number of carbonyl (C=O) groups is 3. The second-order valence-corrected chi connectivity index (χ2v) is 7.88. The molecule has 0 bridgehead atoms. The lowest BCUT2D eigenvalue weighted by Gasteiger charge is -2.14. The molecule has 1 heterocycles. The molecule has 9 heteroatoms. The molecule has 0 fully saturated rings. The summed E-state index contributed by atoms with van der Waals surface area (Å²) in [5.41, 5.74) is 4.82. The minimum absolute atomic E-state index is 0.0379. The third kappa shape index (κ3) is 4.54. The van der Waals surface area contributed by atoms with E-state index in [-0.39, 0.29) is 30.5 Å². The minimum Gasteiger partial charge on any atom is -0.476 e. The summed E-state index contributed by atoms with van der Waals surface area (Å²) in [7, 11) is 1.47. The molecule has 0 aliphatic heterocycles. The number of ether oxygens (including phenoxy) is 1. The first kappa shape index (κ1) is 22.8. The molecule has 0 saturated heterocycles. The predicted molar refractivity (Wildman–Crippen MR) is 126 cm³/mol. The molecule has 1 aliphatic carbocycles. The van der Waals surface area contributed by atoms with Crippen LogP contribution in [0.1, 0.15) is 34.5 Å². The summed E-state index contributed by atoms with van der Waals surface area (Å²) >= 11 is 0. The highest BCUT2D eigenvalue weighted by molar-refractivity contribution is 6.06. The van der Waals surface area contributed by atoms with Crippen LogP contribution in [0, 0.1) is 0 Å². The van der Waals surface area contributed by atoms with Gasteiger partial charge in [-0.1, -0.05) is 54.6 Å². The molecule has 0 spiro atoms. The molecule has 1 aromatic heterocycles. The van der Waals surface area contributed by atoms with Crippen LogP contribution in [0.3, 0.4) is 0 Å². The zero-order chi connectivity index (χ0) is 24.2. The molecule has 0 saturated carbocycles. The zero-order valence-electron chi connectivity index (χ0n) is 18.7. The summed E-state index contributed by atoms with van der Waals surface area (Å²) in [4.78, 5) is 35.9. The summed E-state index contributed by atoms with van der Waals surface area (Å²) in [6, 6.07) is 16.2. The standard InChI is InChI=1S/C25H24N4O5/c1-15(23(30)28-21-13-27-29(2)22(21)24(31)32)11-12-26-25(33)34-14-20-18-9-5-3-7-16(18)17-8-4-6-10-19(17)20/h3-11,13,20H,12,14H2,1-2H3,(H,26,33)(H,28,30)(H,31,32)/b15-11+. The molecule has 0 atom stereocenters. The van der Waals surface area contributed by atoms with Crippen molar-refractivity contribution in [1.29, 1.82) is 0 Å². The topological polar surface area (TPSA) is 123 Å². The van der Waals surface area contributed by atoms with Gasteiger partial charge in [-0.05, 0) is 29.2 Å². The Hall–Kier alpha value is -4.40. The Morgan fingerprint density at radius 2 is 1.71 bits per heavy atom. The number of amides is 2. The quantitative estimate of drug-likeness (QED) is 0.464. The molecule has 1 aliphatic rings. The zero-order valence-corrected chi connectivity index (χ0v) is 18.7. The van der Waals surface area contributed by atoms with Crippen molar-refractivity contribution in [3.05, 3.63) is 83.2 Å². The molecule has 3 N–H and O–H groups in total. The van der Waals surface area contributed by atoms with Crippen LogP contribution >= 0.6 is 0 Å². The molecule has 0 radical (unpaired) electrons. The number of anilines is 1. The lowest BCUT2D eigenvalue weighted by Crippen LogP contribution is -2.27. The van der Waals surface area contributed by atoms with E-state index in [2.05, 4.69) is 27.9 Å². The van der Waals surface area contributed by atoms with Crippen LogP contribution in [0.5, 0.6) is 0 Å². The number of rotatable bonds is 7. The number of carboxylic acids is 1. The van der Waals surface area contributed by atoms with Crippen molar-refractivity contribution in [2.24, 2.45) is 7.05 Å². The Morgan fingerprint density at radius 3 is 2.32 bits per heavy atom. The lowest BCUT2D eigenvalue weighted by molar-refractivity contribution is -0.112. The Balaban J connectivity index is 1.31. The van der Waals surface area contributed by atoms with E-state index >= 15 is 0 Å². The highest BCUT2D eigenvalue weighted by Crippen LogP contribution is 2.44. The maximum Gasteiger partial charge on any atom is 0.407 e. The van der Waals surface area contributed by atoms with E-state index in [1.54, 1.807) is 6.92 Å². The number of nitrogens with one attached hydrogen (secondary N) is 2. The molecular formula is C25H24N4O5. The van der Waals surface area contributed by atoms with Crippen LogP contribution in [0.2, 0.25) is 0 Å². The number of hydrogen-bond donors (Lipinski definition) is 3. The maximum absolute atomic E-state index is 12.4. The average Bonchev–Trinajstić information content (AvgIpc) is 3.35. The summed E-state index contributed by atoms with van der Waals surface area (Å²) in [6.07, 6.45) is 2.20. The lowest BCUT2D eigenvalue weighted by atomic mass is 9.98. The number of aromatic nitrogens is 2. The largest absolute Gasteiger partial charge is 0.476 e. The van der Waals surface area contributed by atoms with Gasteiger partial charge in [-0.2, -0.15) is 5.10 Å². The number of benzene rings is 2. The second-order valence-electron chi connectivity index (χ2n) is 7.88.